The number of anilines is 1. The molecule has 0 spiro atoms. The van der Waals surface area contributed by atoms with Gasteiger partial charge in [0.05, 0.1) is 12.1 Å². The third-order valence-electron chi connectivity index (χ3n) is 3.11. The Morgan fingerprint density at radius 3 is 3.00 bits per heavy atom. The molecule has 1 aromatic rings. The zero-order chi connectivity index (χ0) is 12.3. The average molecular weight is 272 g/mol. The second kappa shape index (κ2) is 5.87. The summed E-state index contributed by atoms with van der Waals surface area (Å²) in [4.78, 5) is 0. The molecule has 0 bridgehead atoms. The highest BCUT2D eigenvalue weighted by molar-refractivity contribution is 8.00. The van der Waals surface area contributed by atoms with Crippen molar-refractivity contribution in [1.82, 2.24) is 0 Å². The number of ether oxygens (including phenoxy) is 1. The van der Waals surface area contributed by atoms with E-state index < -0.39 is 0 Å². The van der Waals surface area contributed by atoms with Crippen molar-refractivity contribution in [3.63, 3.8) is 0 Å². The van der Waals surface area contributed by atoms with E-state index in [9.17, 15) is 0 Å². The number of hydrogen-bond acceptors (Lipinski definition) is 3. The van der Waals surface area contributed by atoms with Gasteiger partial charge in [-0.1, -0.05) is 18.5 Å². The van der Waals surface area contributed by atoms with E-state index >= 15 is 0 Å². The Morgan fingerprint density at radius 2 is 2.29 bits per heavy atom. The fourth-order valence-electron chi connectivity index (χ4n) is 2.08. The van der Waals surface area contributed by atoms with E-state index in [-0.39, 0.29) is 0 Å². The fraction of sp³-hybridized carbons (Fsp3) is 0.538. The SMILES string of the molecule is COc1cc(NC2CCCSC2C)ccc1Cl. The minimum Gasteiger partial charge on any atom is -0.495 e. The minimum atomic E-state index is 0.541. The van der Waals surface area contributed by atoms with Gasteiger partial charge in [-0.3, -0.25) is 0 Å². The predicted octanol–water partition coefficient (Wildman–Crippen LogP) is 4.04. The normalized spacial score (nSPS) is 24.4. The van der Waals surface area contributed by atoms with Gasteiger partial charge in [-0.25, -0.2) is 0 Å². The second-order valence-electron chi connectivity index (χ2n) is 4.32. The van der Waals surface area contributed by atoms with Crippen LogP contribution in [0.15, 0.2) is 18.2 Å². The lowest BCUT2D eigenvalue weighted by Gasteiger charge is -2.30. The van der Waals surface area contributed by atoms with Crippen LogP contribution in [-0.2, 0) is 0 Å². The summed E-state index contributed by atoms with van der Waals surface area (Å²) in [6.07, 6.45) is 2.52. The van der Waals surface area contributed by atoms with E-state index in [2.05, 4.69) is 12.2 Å². The van der Waals surface area contributed by atoms with Gasteiger partial charge in [0, 0.05) is 23.0 Å². The molecule has 2 rings (SSSR count). The van der Waals surface area contributed by atoms with Gasteiger partial charge in [-0.2, -0.15) is 11.8 Å². The van der Waals surface area contributed by atoms with Crippen molar-refractivity contribution in [3.05, 3.63) is 23.2 Å². The number of nitrogens with one attached hydrogen (secondary N) is 1. The molecule has 1 aliphatic rings. The van der Waals surface area contributed by atoms with Crippen molar-refractivity contribution in [3.8, 4) is 5.75 Å². The smallest absolute Gasteiger partial charge is 0.139 e. The van der Waals surface area contributed by atoms with Crippen LogP contribution >= 0.6 is 23.4 Å². The lowest BCUT2D eigenvalue weighted by Crippen LogP contribution is -2.32. The van der Waals surface area contributed by atoms with Crippen molar-refractivity contribution in [2.45, 2.75) is 31.1 Å². The van der Waals surface area contributed by atoms with Gasteiger partial charge in [-0.15, -0.1) is 0 Å². The Hall–Kier alpha value is -0.540. The summed E-state index contributed by atoms with van der Waals surface area (Å²) in [5.41, 5.74) is 1.09. The lowest BCUT2D eigenvalue weighted by molar-refractivity contribution is 0.415. The van der Waals surface area contributed by atoms with Crippen LogP contribution in [0.4, 0.5) is 5.69 Å². The highest BCUT2D eigenvalue weighted by Gasteiger charge is 2.21. The van der Waals surface area contributed by atoms with Gasteiger partial charge in [0.2, 0.25) is 0 Å². The number of hydrogen-bond donors (Lipinski definition) is 1. The Morgan fingerprint density at radius 1 is 1.47 bits per heavy atom. The highest BCUT2D eigenvalue weighted by atomic mass is 35.5. The van der Waals surface area contributed by atoms with E-state index in [4.69, 9.17) is 16.3 Å². The molecule has 0 amide bonds. The topological polar surface area (TPSA) is 21.3 Å². The van der Waals surface area contributed by atoms with Crippen LogP contribution in [0.2, 0.25) is 5.02 Å². The summed E-state index contributed by atoms with van der Waals surface area (Å²) < 4.78 is 5.22. The van der Waals surface area contributed by atoms with E-state index in [1.165, 1.54) is 18.6 Å². The quantitative estimate of drug-likeness (QED) is 0.896. The van der Waals surface area contributed by atoms with Crippen molar-refractivity contribution >= 4 is 29.1 Å². The summed E-state index contributed by atoms with van der Waals surface area (Å²) in [6, 6.07) is 6.40. The lowest BCUT2D eigenvalue weighted by atomic mass is 10.1. The molecule has 1 fully saturated rings. The first-order valence-corrected chi connectivity index (χ1v) is 7.35. The van der Waals surface area contributed by atoms with E-state index in [1.54, 1.807) is 7.11 Å². The molecule has 1 heterocycles. The third-order valence-corrected chi connectivity index (χ3v) is 4.80. The first kappa shape index (κ1) is 12.9. The zero-order valence-electron chi connectivity index (χ0n) is 10.2. The van der Waals surface area contributed by atoms with Crippen LogP contribution in [-0.4, -0.2) is 24.2 Å². The molecular formula is C13H18ClNOS. The molecule has 2 unspecified atom stereocenters. The molecule has 0 radical (unpaired) electrons. The number of benzene rings is 1. The van der Waals surface area contributed by atoms with E-state index in [0.717, 1.165) is 11.4 Å². The van der Waals surface area contributed by atoms with Crippen LogP contribution in [0.5, 0.6) is 5.75 Å². The summed E-state index contributed by atoms with van der Waals surface area (Å²) >= 11 is 8.05. The van der Waals surface area contributed by atoms with Gasteiger partial charge in [-0.05, 0) is 30.7 Å². The largest absolute Gasteiger partial charge is 0.495 e. The molecule has 0 aliphatic carbocycles. The van der Waals surface area contributed by atoms with Crippen LogP contribution in [0.3, 0.4) is 0 Å². The average Bonchev–Trinajstić information content (AvgIpc) is 2.34. The zero-order valence-corrected chi connectivity index (χ0v) is 11.8. The van der Waals surface area contributed by atoms with Gasteiger partial charge < -0.3 is 10.1 Å². The maximum absolute atomic E-state index is 6.01. The summed E-state index contributed by atoms with van der Waals surface area (Å²) in [5, 5.41) is 4.89. The molecule has 94 valence electrons. The molecule has 0 saturated carbocycles. The van der Waals surface area contributed by atoms with Gasteiger partial charge >= 0.3 is 0 Å². The van der Waals surface area contributed by atoms with Crippen LogP contribution in [0.1, 0.15) is 19.8 Å². The maximum atomic E-state index is 6.01. The highest BCUT2D eigenvalue weighted by Crippen LogP contribution is 2.31. The number of halogens is 1. The minimum absolute atomic E-state index is 0.541. The molecule has 1 saturated heterocycles. The van der Waals surface area contributed by atoms with Crippen molar-refractivity contribution in [2.75, 3.05) is 18.2 Å². The summed E-state index contributed by atoms with van der Waals surface area (Å²) in [5.74, 6) is 2.01. The Balaban J connectivity index is 2.07. The van der Waals surface area contributed by atoms with Crippen molar-refractivity contribution < 1.29 is 4.74 Å². The fourth-order valence-corrected chi connectivity index (χ4v) is 3.41. The monoisotopic (exact) mass is 271 g/mol. The van der Waals surface area contributed by atoms with Crippen molar-refractivity contribution in [2.24, 2.45) is 0 Å². The number of rotatable bonds is 3. The van der Waals surface area contributed by atoms with Crippen LogP contribution in [0.25, 0.3) is 0 Å². The Bertz CT molecular complexity index is 386. The van der Waals surface area contributed by atoms with Gasteiger partial charge in [0.1, 0.15) is 5.75 Å². The van der Waals surface area contributed by atoms with E-state index in [0.29, 0.717) is 16.3 Å². The molecule has 1 aliphatic heterocycles. The number of thioether (sulfide) groups is 1. The van der Waals surface area contributed by atoms with Crippen LogP contribution in [0, 0.1) is 0 Å². The molecule has 2 atom stereocenters. The van der Waals surface area contributed by atoms with Gasteiger partial charge in [0.15, 0.2) is 0 Å². The molecule has 4 heteroatoms. The second-order valence-corrected chi connectivity index (χ2v) is 6.21. The maximum Gasteiger partial charge on any atom is 0.139 e. The summed E-state index contributed by atoms with van der Waals surface area (Å²) in [6.45, 7) is 2.29. The molecule has 2 nitrogen and oxygen atoms in total. The first-order chi connectivity index (χ1) is 8.20. The molecular weight excluding hydrogens is 254 g/mol. The molecule has 0 aromatic heterocycles. The van der Waals surface area contributed by atoms with E-state index in [1.807, 2.05) is 30.0 Å². The molecule has 1 aromatic carbocycles. The third kappa shape index (κ3) is 3.23. The standard InChI is InChI=1S/C13H18ClNOS/c1-9-12(4-3-7-17-9)15-10-5-6-11(14)13(8-10)16-2/h5-6,8-9,12,15H,3-4,7H2,1-2H3. The summed E-state index contributed by atoms with van der Waals surface area (Å²) in [7, 11) is 1.64. The van der Waals surface area contributed by atoms with Gasteiger partial charge in [0.25, 0.3) is 0 Å². The first-order valence-electron chi connectivity index (χ1n) is 5.92. The molecule has 17 heavy (non-hydrogen) atoms. The van der Waals surface area contributed by atoms with Crippen LogP contribution < -0.4 is 10.1 Å². The Kier molecular flexibility index (Phi) is 4.46. The van der Waals surface area contributed by atoms with Crippen molar-refractivity contribution in [1.29, 1.82) is 0 Å². The number of methoxy groups -OCH3 is 1. The predicted molar refractivity (Wildman–Crippen MR) is 76.6 cm³/mol. The molecule has 1 N–H and O–H groups in total. The Labute approximate surface area is 112 Å².